The van der Waals surface area contributed by atoms with Gasteiger partial charge in [-0.3, -0.25) is 4.31 Å². The Kier molecular flexibility index (Phi) is 4.94. The van der Waals surface area contributed by atoms with Gasteiger partial charge in [-0.2, -0.15) is 0 Å². The number of ether oxygens (including phenoxy) is 1. The second kappa shape index (κ2) is 7.40. The summed E-state index contributed by atoms with van der Waals surface area (Å²) >= 11 is 1.51. The molecule has 7 nitrogen and oxygen atoms in total. The zero-order chi connectivity index (χ0) is 19.7. The molecule has 0 unspecified atom stereocenters. The largest absolute Gasteiger partial charge is 0.455 e. The molecular weight excluding hydrogens is 400 g/mol. The summed E-state index contributed by atoms with van der Waals surface area (Å²) in [6.07, 6.45) is 0.578. The number of hydrogen-bond donors (Lipinski definition) is 0. The molecular formula is C19H18N2O5S2. The minimum Gasteiger partial charge on any atom is -0.455 e. The predicted octanol–water partition coefficient (Wildman–Crippen LogP) is 3.61. The Morgan fingerprint density at radius 3 is 2.89 bits per heavy atom. The summed E-state index contributed by atoms with van der Waals surface area (Å²) in [6.45, 7) is 2.17. The number of rotatable bonds is 5. The third-order valence-electron chi connectivity index (χ3n) is 4.43. The lowest BCUT2D eigenvalue weighted by Gasteiger charge is -2.17. The van der Waals surface area contributed by atoms with Gasteiger partial charge in [0.05, 0.1) is 21.9 Å². The summed E-state index contributed by atoms with van der Waals surface area (Å²) < 4.78 is 36.5. The van der Waals surface area contributed by atoms with Crippen LogP contribution in [-0.2, 0) is 21.4 Å². The highest BCUT2D eigenvalue weighted by molar-refractivity contribution is 7.93. The average molecular weight is 418 g/mol. The molecule has 146 valence electrons. The SMILES string of the molecule is Cc1oc(-c2cccs2)nc1COC(=O)c1cccc(N2CCCS2(=O)=O)c1. The van der Waals surface area contributed by atoms with E-state index >= 15 is 0 Å². The maximum absolute atomic E-state index is 12.4. The first kappa shape index (κ1) is 18.7. The van der Waals surface area contributed by atoms with E-state index < -0.39 is 16.0 Å². The minimum atomic E-state index is -3.30. The first-order chi connectivity index (χ1) is 13.4. The average Bonchev–Trinajstić information content (AvgIpc) is 3.40. The third-order valence-corrected chi connectivity index (χ3v) is 7.16. The summed E-state index contributed by atoms with van der Waals surface area (Å²) in [5, 5.41) is 1.93. The highest BCUT2D eigenvalue weighted by Gasteiger charge is 2.28. The lowest BCUT2D eigenvalue weighted by molar-refractivity contribution is 0.0467. The van der Waals surface area contributed by atoms with Crippen LogP contribution in [0.5, 0.6) is 0 Å². The molecule has 2 aromatic heterocycles. The maximum Gasteiger partial charge on any atom is 0.338 e. The Morgan fingerprint density at radius 2 is 2.18 bits per heavy atom. The van der Waals surface area contributed by atoms with Gasteiger partial charge in [0.25, 0.3) is 0 Å². The highest BCUT2D eigenvalue weighted by atomic mass is 32.2. The molecule has 3 aromatic rings. The summed E-state index contributed by atoms with van der Waals surface area (Å²) in [5.74, 6) is 0.672. The van der Waals surface area contributed by atoms with Crippen molar-refractivity contribution in [2.45, 2.75) is 20.0 Å². The zero-order valence-corrected chi connectivity index (χ0v) is 16.8. The molecule has 1 aliphatic heterocycles. The number of aromatic nitrogens is 1. The lowest BCUT2D eigenvalue weighted by atomic mass is 10.2. The number of benzene rings is 1. The van der Waals surface area contributed by atoms with Crippen molar-refractivity contribution in [3.8, 4) is 10.8 Å². The van der Waals surface area contributed by atoms with E-state index in [4.69, 9.17) is 9.15 Å². The Hall–Kier alpha value is -2.65. The van der Waals surface area contributed by atoms with Crippen molar-refractivity contribution in [2.75, 3.05) is 16.6 Å². The van der Waals surface area contributed by atoms with Gasteiger partial charge in [0.2, 0.25) is 15.9 Å². The van der Waals surface area contributed by atoms with E-state index in [2.05, 4.69) is 4.98 Å². The Balaban J connectivity index is 1.47. The van der Waals surface area contributed by atoms with Crippen LogP contribution in [0.15, 0.2) is 46.2 Å². The Morgan fingerprint density at radius 1 is 1.32 bits per heavy atom. The monoisotopic (exact) mass is 418 g/mol. The lowest BCUT2D eigenvalue weighted by Crippen LogP contribution is -2.25. The van der Waals surface area contributed by atoms with E-state index in [9.17, 15) is 13.2 Å². The van der Waals surface area contributed by atoms with Crippen LogP contribution in [0, 0.1) is 6.92 Å². The topological polar surface area (TPSA) is 89.7 Å². The van der Waals surface area contributed by atoms with Crippen LogP contribution in [-0.4, -0.2) is 31.7 Å². The van der Waals surface area contributed by atoms with Gasteiger partial charge >= 0.3 is 5.97 Å². The van der Waals surface area contributed by atoms with Gasteiger partial charge in [-0.1, -0.05) is 12.1 Å². The van der Waals surface area contributed by atoms with E-state index in [0.29, 0.717) is 41.6 Å². The number of esters is 1. The van der Waals surface area contributed by atoms with Gasteiger partial charge in [0.15, 0.2) is 0 Å². The number of sulfonamides is 1. The van der Waals surface area contributed by atoms with E-state index in [1.807, 2.05) is 17.5 Å². The third kappa shape index (κ3) is 3.67. The first-order valence-corrected chi connectivity index (χ1v) is 11.2. The number of thiophene rings is 1. The standard InChI is InChI=1S/C19H18N2O5S2/c1-13-16(20-18(26-13)17-7-3-9-27-17)12-25-19(22)14-5-2-6-15(11-14)21-8-4-10-28(21,23)24/h2-3,5-7,9,11H,4,8,10,12H2,1H3. The molecule has 1 fully saturated rings. The fraction of sp³-hybridized carbons (Fsp3) is 0.263. The second-order valence-corrected chi connectivity index (χ2v) is 9.33. The van der Waals surface area contributed by atoms with Gasteiger partial charge in [-0.25, -0.2) is 18.2 Å². The summed E-state index contributed by atoms with van der Waals surface area (Å²) in [4.78, 5) is 17.7. The first-order valence-electron chi connectivity index (χ1n) is 8.72. The molecule has 0 aliphatic carbocycles. The fourth-order valence-electron chi connectivity index (χ4n) is 3.00. The van der Waals surface area contributed by atoms with Crippen LogP contribution in [0.4, 0.5) is 5.69 Å². The summed E-state index contributed by atoms with van der Waals surface area (Å²) in [5.41, 5.74) is 1.32. The Labute approximate surface area is 166 Å². The van der Waals surface area contributed by atoms with Gasteiger partial charge < -0.3 is 9.15 Å². The normalized spacial score (nSPS) is 15.7. The zero-order valence-electron chi connectivity index (χ0n) is 15.1. The number of anilines is 1. The van der Waals surface area contributed by atoms with Crippen LogP contribution >= 0.6 is 11.3 Å². The quantitative estimate of drug-likeness (QED) is 0.588. The van der Waals surface area contributed by atoms with Crippen LogP contribution in [0.25, 0.3) is 10.8 Å². The van der Waals surface area contributed by atoms with Crippen molar-refractivity contribution in [1.29, 1.82) is 0 Å². The number of carbonyl (C=O) groups is 1. The number of nitrogens with zero attached hydrogens (tertiary/aromatic N) is 2. The van der Waals surface area contributed by atoms with E-state index in [1.54, 1.807) is 25.1 Å². The van der Waals surface area contributed by atoms with E-state index in [-0.39, 0.29) is 12.4 Å². The van der Waals surface area contributed by atoms with E-state index in [1.165, 1.54) is 21.7 Å². The van der Waals surface area contributed by atoms with Crippen LogP contribution < -0.4 is 4.31 Å². The van der Waals surface area contributed by atoms with Crippen molar-refractivity contribution >= 4 is 33.0 Å². The van der Waals surface area contributed by atoms with Crippen molar-refractivity contribution < 1.29 is 22.4 Å². The Bertz CT molecular complexity index is 1100. The second-order valence-electron chi connectivity index (χ2n) is 6.37. The molecule has 3 heterocycles. The molecule has 0 amide bonds. The fourth-order valence-corrected chi connectivity index (χ4v) is 5.21. The number of carbonyl (C=O) groups excluding carboxylic acids is 1. The highest BCUT2D eigenvalue weighted by Crippen LogP contribution is 2.27. The van der Waals surface area contributed by atoms with Crippen LogP contribution in [0.1, 0.15) is 28.2 Å². The van der Waals surface area contributed by atoms with Crippen molar-refractivity contribution in [3.63, 3.8) is 0 Å². The van der Waals surface area contributed by atoms with Crippen molar-refractivity contribution in [1.82, 2.24) is 4.98 Å². The molecule has 0 N–H and O–H groups in total. The van der Waals surface area contributed by atoms with E-state index in [0.717, 1.165) is 4.88 Å². The molecule has 0 radical (unpaired) electrons. The molecule has 0 atom stereocenters. The molecule has 1 aliphatic rings. The van der Waals surface area contributed by atoms with Gasteiger partial charge in [0.1, 0.15) is 18.1 Å². The van der Waals surface area contributed by atoms with Crippen LogP contribution in [0.3, 0.4) is 0 Å². The molecule has 9 heteroatoms. The molecule has 1 saturated heterocycles. The number of hydrogen-bond acceptors (Lipinski definition) is 7. The minimum absolute atomic E-state index is 0.0220. The van der Waals surface area contributed by atoms with Gasteiger partial charge in [-0.15, -0.1) is 11.3 Å². The predicted molar refractivity (Wildman–Crippen MR) is 106 cm³/mol. The molecule has 0 bridgehead atoms. The van der Waals surface area contributed by atoms with Crippen molar-refractivity contribution in [2.24, 2.45) is 0 Å². The maximum atomic E-state index is 12.4. The molecule has 28 heavy (non-hydrogen) atoms. The van der Waals surface area contributed by atoms with Gasteiger partial charge in [0, 0.05) is 6.54 Å². The van der Waals surface area contributed by atoms with Crippen LogP contribution in [0.2, 0.25) is 0 Å². The van der Waals surface area contributed by atoms with Gasteiger partial charge in [-0.05, 0) is 43.0 Å². The van der Waals surface area contributed by atoms with Crippen molar-refractivity contribution in [3.05, 3.63) is 58.8 Å². The summed E-state index contributed by atoms with van der Waals surface area (Å²) in [6, 6.07) is 10.3. The smallest absolute Gasteiger partial charge is 0.338 e. The molecule has 0 saturated carbocycles. The summed E-state index contributed by atoms with van der Waals surface area (Å²) in [7, 11) is -3.30. The molecule has 1 aromatic carbocycles. The number of oxazole rings is 1. The number of aryl methyl sites for hydroxylation is 1. The molecule has 4 rings (SSSR count). The molecule has 0 spiro atoms.